The first-order valence-corrected chi connectivity index (χ1v) is 23.6. The van der Waals surface area contributed by atoms with Crippen LogP contribution >= 0.6 is 0 Å². The van der Waals surface area contributed by atoms with Crippen LogP contribution in [0.5, 0.6) is 0 Å². The van der Waals surface area contributed by atoms with Crippen LogP contribution in [0, 0.1) is 12.1 Å². The molecule has 0 saturated carbocycles. The number of aromatic nitrogens is 4. The summed E-state index contributed by atoms with van der Waals surface area (Å²) in [4.78, 5) is 14.2. The molecular weight excluding hydrogens is 841 g/mol. The van der Waals surface area contributed by atoms with Crippen LogP contribution in [0.15, 0.2) is 126 Å². The van der Waals surface area contributed by atoms with Gasteiger partial charge in [-0.25, -0.2) is 0 Å². The summed E-state index contributed by atoms with van der Waals surface area (Å²) in [6, 6.07) is 43.5. The smallest absolute Gasteiger partial charge is 0.0160 e. The van der Waals surface area contributed by atoms with Crippen LogP contribution in [0.2, 0.25) is 17.3 Å². The van der Waals surface area contributed by atoms with Gasteiger partial charge in [0.15, 0.2) is 0 Å². The van der Waals surface area contributed by atoms with Gasteiger partial charge in [0.2, 0.25) is 0 Å². The zero-order chi connectivity index (χ0) is 33.5. The van der Waals surface area contributed by atoms with Crippen molar-refractivity contribution in [3.63, 3.8) is 0 Å². The Morgan fingerprint density at radius 3 is 2.22 bits per heavy atom. The molecule has 1 radical (unpaired) electrons. The predicted octanol–water partition coefficient (Wildman–Crippen LogP) is 10.2. The molecule has 0 unspecified atom stereocenters. The fourth-order valence-electron chi connectivity index (χ4n) is 5.81. The third kappa shape index (κ3) is 7.05. The summed E-state index contributed by atoms with van der Waals surface area (Å²) < 4.78 is 10.1. The molecule has 7 heteroatoms. The number of furan rings is 1. The number of hydrogen-bond donors (Lipinski definition) is 0. The van der Waals surface area contributed by atoms with E-state index in [1.54, 1.807) is 6.20 Å². The molecular formula is C42H38GeIrN4O-2. The molecule has 0 aliphatic carbocycles. The number of hydrogen-bond acceptors (Lipinski definition) is 4. The fraction of sp³-hybridized carbons (Fsp3) is 0.167. The molecule has 247 valence electrons. The number of para-hydroxylation sites is 1. The molecule has 0 amide bonds. The van der Waals surface area contributed by atoms with Crippen molar-refractivity contribution in [3.05, 3.63) is 139 Å². The van der Waals surface area contributed by atoms with E-state index in [0.717, 1.165) is 67.0 Å². The van der Waals surface area contributed by atoms with E-state index in [0.29, 0.717) is 0 Å². The van der Waals surface area contributed by atoms with E-state index in [2.05, 4.69) is 102 Å². The topological polar surface area (TPSA) is 56.7 Å². The molecule has 4 heterocycles. The van der Waals surface area contributed by atoms with E-state index in [-0.39, 0.29) is 25.5 Å². The average molecular weight is 880 g/mol. The first-order chi connectivity index (χ1) is 23.1. The van der Waals surface area contributed by atoms with Crippen molar-refractivity contribution in [2.45, 2.75) is 43.5 Å². The Morgan fingerprint density at radius 1 is 0.755 bits per heavy atom. The van der Waals surface area contributed by atoms with Gasteiger partial charge >= 0.3 is 194 Å². The Hall–Kier alpha value is -4.36. The minimum absolute atomic E-state index is 0. The number of fused-ring (bicyclic) bond motifs is 4. The molecule has 0 atom stereocenters. The minimum Gasteiger partial charge on any atom is -0.305 e. The number of nitrogens with zero attached hydrogens (tertiary/aromatic N) is 4. The van der Waals surface area contributed by atoms with Crippen LogP contribution in [0.3, 0.4) is 0 Å². The molecule has 0 spiro atoms. The van der Waals surface area contributed by atoms with E-state index in [9.17, 15) is 0 Å². The molecule has 8 aromatic rings. The quantitative estimate of drug-likeness (QED) is 0.131. The summed E-state index contributed by atoms with van der Waals surface area (Å²) in [6.07, 6.45) is 3.76. The van der Waals surface area contributed by atoms with Gasteiger partial charge in [0.1, 0.15) is 0 Å². The van der Waals surface area contributed by atoms with Gasteiger partial charge in [-0.05, 0) is 11.8 Å². The maximum atomic E-state index is 6.56. The summed E-state index contributed by atoms with van der Waals surface area (Å²) in [7, 11) is 0. The van der Waals surface area contributed by atoms with Gasteiger partial charge in [-0.3, -0.25) is 0 Å². The Labute approximate surface area is 304 Å². The monoisotopic (exact) mass is 881 g/mol. The van der Waals surface area contributed by atoms with E-state index in [1.807, 2.05) is 72.9 Å². The summed E-state index contributed by atoms with van der Waals surface area (Å²) in [5.41, 5.74) is 8.45. The fourth-order valence-corrected chi connectivity index (χ4v) is 8.22. The van der Waals surface area contributed by atoms with Crippen LogP contribution in [-0.4, -0.2) is 32.8 Å². The third-order valence-corrected chi connectivity index (χ3v) is 12.8. The summed E-state index contributed by atoms with van der Waals surface area (Å²) in [5.74, 6) is 8.01. The van der Waals surface area contributed by atoms with Gasteiger partial charge < -0.3 is 4.98 Å². The van der Waals surface area contributed by atoms with Gasteiger partial charge in [-0.2, -0.15) is 0 Å². The molecule has 0 fully saturated rings. The Kier molecular flexibility index (Phi) is 9.77. The van der Waals surface area contributed by atoms with Crippen molar-refractivity contribution in [1.82, 2.24) is 19.5 Å². The van der Waals surface area contributed by atoms with Crippen molar-refractivity contribution in [2.24, 2.45) is 0 Å². The van der Waals surface area contributed by atoms with E-state index in [1.165, 1.54) is 4.40 Å². The normalized spacial score (nSPS) is 11.7. The van der Waals surface area contributed by atoms with E-state index >= 15 is 0 Å². The standard InChI is InChI=1S/C31H30GeN3O.C11H8N.Ir/c1-31(2,3)20-17-26-30(33-19-20)35(22-11-8-7-9-12-22)29(34-26)25-14-10-13-24-23-16-15-21(32(4,5)6)18-27(23)36-28(24)25;1-2-6-10(7-3-1)11-8-4-5-9-12-11;/h7-13,15-19H,1-6H3;1-6,8-9H;/q2*-1;. The van der Waals surface area contributed by atoms with E-state index in [4.69, 9.17) is 14.4 Å². The van der Waals surface area contributed by atoms with Crippen LogP contribution in [0.4, 0.5) is 0 Å². The zero-order valence-corrected chi connectivity index (χ0v) is 33.1. The van der Waals surface area contributed by atoms with Crippen molar-refractivity contribution in [2.75, 3.05) is 0 Å². The Bertz CT molecular complexity index is 2320. The zero-order valence-electron chi connectivity index (χ0n) is 28.6. The Morgan fingerprint density at radius 2 is 1.53 bits per heavy atom. The molecule has 4 aromatic heterocycles. The molecule has 8 rings (SSSR count). The molecule has 0 aliphatic rings. The first kappa shape index (κ1) is 34.5. The van der Waals surface area contributed by atoms with Crippen LogP contribution < -0.4 is 4.40 Å². The average Bonchev–Trinajstić information content (AvgIpc) is 3.67. The molecule has 4 aromatic carbocycles. The second kappa shape index (κ2) is 13.9. The van der Waals surface area contributed by atoms with Gasteiger partial charge in [0.25, 0.3) is 0 Å². The third-order valence-electron chi connectivity index (χ3n) is 8.55. The number of rotatable bonds is 4. The first-order valence-electron chi connectivity index (χ1n) is 16.3. The van der Waals surface area contributed by atoms with Gasteiger partial charge in [-0.1, -0.05) is 32.9 Å². The summed E-state index contributed by atoms with van der Waals surface area (Å²) in [6.45, 7) is 6.59. The predicted molar refractivity (Wildman–Crippen MR) is 201 cm³/mol. The van der Waals surface area contributed by atoms with Crippen molar-refractivity contribution < 1.29 is 24.5 Å². The molecule has 0 bridgehead atoms. The number of imidazole rings is 1. The minimum atomic E-state index is -1.99. The van der Waals surface area contributed by atoms with Crippen molar-refractivity contribution in [3.8, 4) is 28.3 Å². The number of pyridine rings is 2. The molecule has 0 saturated heterocycles. The SMILES string of the molecule is CC(C)(C)c1cnc2c(c1)nc(-c1[c-]ccc3c1oc1c[c]([Ge]([CH3])([CH3])[CH3])ccc13)n2-c1ccccc1.[Ir].[c-]1ccccc1-c1ccccn1. The van der Waals surface area contributed by atoms with Crippen molar-refractivity contribution in [1.29, 1.82) is 0 Å². The van der Waals surface area contributed by atoms with Gasteiger partial charge in [-0.15, -0.1) is 35.9 Å². The van der Waals surface area contributed by atoms with E-state index < -0.39 is 13.3 Å². The molecule has 0 aliphatic heterocycles. The Balaban J connectivity index is 0.000000270. The van der Waals surface area contributed by atoms with Crippen LogP contribution in [-0.2, 0) is 25.5 Å². The number of benzene rings is 4. The van der Waals surface area contributed by atoms with Crippen LogP contribution in [0.25, 0.3) is 61.4 Å². The summed E-state index contributed by atoms with van der Waals surface area (Å²) >= 11 is -1.99. The maximum absolute atomic E-state index is 6.56. The summed E-state index contributed by atoms with van der Waals surface area (Å²) in [5, 5.41) is 2.22. The largest absolute Gasteiger partial charge is 0.305 e. The molecule has 0 N–H and O–H groups in total. The molecule has 49 heavy (non-hydrogen) atoms. The second-order valence-corrected chi connectivity index (χ2v) is 24.7. The van der Waals surface area contributed by atoms with Crippen molar-refractivity contribution >= 4 is 50.8 Å². The molecule has 5 nitrogen and oxygen atoms in total. The second-order valence-electron chi connectivity index (χ2n) is 14.1. The van der Waals surface area contributed by atoms with Crippen LogP contribution in [0.1, 0.15) is 26.3 Å². The van der Waals surface area contributed by atoms with Gasteiger partial charge in [0.05, 0.1) is 0 Å². The maximum Gasteiger partial charge on any atom is 0.0160 e. The van der Waals surface area contributed by atoms with Gasteiger partial charge in [0, 0.05) is 26.3 Å².